The van der Waals surface area contributed by atoms with Crippen molar-refractivity contribution in [3.63, 3.8) is 0 Å². The Morgan fingerprint density at radius 3 is 2.93 bits per heavy atom. The number of ether oxygens (including phenoxy) is 1. The smallest absolute Gasteiger partial charge is 0.142 e. The summed E-state index contributed by atoms with van der Waals surface area (Å²) in [5, 5.41) is 8.80. The molecule has 0 bridgehead atoms. The molecule has 0 amide bonds. The second kappa shape index (κ2) is 3.54. The molecule has 0 radical (unpaired) electrons. The molecule has 2 N–H and O–H groups in total. The summed E-state index contributed by atoms with van der Waals surface area (Å²) in [7, 11) is 0. The number of hydrogen-bond acceptors (Lipinski definition) is 4. The van der Waals surface area contributed by atoms with Crippen LogP contribution in [0, 0.1) is 11.3 Å². The van der Waals surface area contributed by atoms with Gasteiger partial charge in [0, 0.05) is 6.07 Å². The van der Waals surface area contributed by atoms with Crippen molar-refractivity contribution >= 4 is 5.82 Å². The third-order valence-electron chi connectivity index (χ3n) is 2.35. The number of nitrogens with zero attached hydrogens (tertiary/aromatic N) is 2. The molecule has 1 heterocycles. The first-order valence-corrected chi connectivity index (χ1v) is 4.62. The van der Waals surface area contributed by atoms with E-state index in [4.69, 9.17) is 15.7 Å². The van der Waals surface area contributed by atoms with Gasteiger partial charge in [-0.25, -0.2) is 4.98 Å². The fourth-order valence-corrected chi connectivity index (χ4v) is 1.30. The van der Waals surface area contributed by atoms with Gasteiger partial charge in [0.1, 0.15) is 23.2 Å². The van der Waals surface area contributed by atoms with E-state index in [1.165, 1.54) is 12.6 Å². The summed E-state index contributed by atoms with van der Waals surface area (Å²) in [4.78, 5) is 3.84. The van der Waals surface area contributed by atoms with Crippen molar-refractivity contribution in [1.29, 1.82) is 5.26 Å². The van der Waals surface area contributed by atoms with Gasteiger partial charge in [0.25, 0.3) is 0 Å². The van der Waals surface area contributed by atoms with Crippen LogP contribution in [0.2, 0.25) is 0 Å². The first kappa shape index (κ1) is 8.82. The van der Waals surface area contributed by atoms with Gasteiger partial charge in [-0.3, -0.25) is 0 Å². The van der Waals surface area contributed by atoms with Gasteiger partial charge in [-0.15, -0.1) is 0 Å². The minimum atomic E-state index is 0.254. The second-order valence-electron chi connectivity index (χ2n) is 3.39. The molecule has 72 valence electrons. The maximum absolute atomic E-state index is 8.80. The summed E-state index contributed by atoms with van der Waals surface area (Å²) in [6.07, 6.45) is 5.03. The lowest BCUT2D eigenvalue weighted by Gasteiger charge is -2.26. The van der Waals surface area contributed by atoms with Crippen LogP contribution in [-0.4, -0.2) is 11.1 Å². The zero-order valence-corrected chi connectivity index (χ0v) is 7.73. The van der Waals surface area contributed by atoms with Crippen LogP contribution in [0.3, 0.4) is 0 Å². The van der Waals surface area contributed by atoms with Crippen molar-refractivity contribution in [3.8, 4) is 11.8 Å². The first-order valence-electron chi connectivity index (χ1n) is 4.62. The van der Waals surface area contributed by atoms with Crippen molar-refractivity contribution in [2.75, 3.05) is 5.73 Å². The molecular weight excluding hydrogens is 178 g/mol. The quantitative estimate of drug-likeness (QED) is 0.764. The Kier molecular flexibility index (Phi) is 2.23. The van der Waals surface area contributed by atoms with Crippen LogP contribution in [0.5, 0.6) is 5.75 Å². The number of anilines is 1. The highest BCUT2D eigenvalue weighted by atomic mass is 16.5. The van der Waals surface area contributed by atoms with Crippen LogP contribution in [0.15, 0.2) is 12.3 Å². The molecule has 0 spiro atoms. The molecule has 2 rings (SSSR count). The van der Waals surface area contributed by atoms with Crippen LogP contribution < -0.4 is 10.5 Å². The molecule has 1 aromatic rings. The van der Waals surface area contributed by atoms with E-state index in [-0.39, 0.29) is 6.10 Å². The summed E-state index contributed by atoms with van der Waals surface area (Å²) in [5.41, 5.74) is 5.97. The highest BCUT2D eigenvalue weighted by Gasteiger charge is 2.20. The number of hydrogen-bond donors (Lipinski definition) is 1. The molecule has 0 aliphatic heterocycles. The van der Waals surface area contributed by atoms with Gasteiger partial charge in [0.05, 0.1) is 12.3 Å². The minimum Gasteiger partial charge on any atom is -0.489 e. The van der Waals surface area contributed by atoms with Gasteiger partial charge in [0.2, 0.25) is 0 Å². The van der Waals surface area contributed by atoms with Gasteiger partial charge < -0.3 is 10.5 Å². The van der Waals surface area contributed by atoms with E-state index in [2.05, 4.69) is 4.98 Å². The van der Waals surface area contributed by atoms with Crippen molar-refractivity contribution in [2.45, 2.75) is 25.4 Å². The third-order valence-corrected chi connectivity index (χ3v) is 2.35. The monoisotopic (exact) mass is 189 g/mol. The summed E-state index contributed by atoms with van der Waals surface area (Å²) in [6.45, 7) is 0. The van der Waals surface area contributed by atoms with Crippen molar-refractivity contribution in [1.82, 2.24) is 4.98 Å². The standard InChI is InChI=1S/C10H11N3O/c11-5-7-6-13-10(12)4-9(7)14-8-2-1-3-8/h4,6,8H,1-3H2,(H2,12,13). The van der Waals surface area contributed by atoms with Crippen molar-refractivity contribution < 1.29 is 4.74 Å². The lowest BCUT2D eigenvalue weighted by atomic mass is 9.96. The van der Waals surface area contributed by atoms with E-state index < -0.39 is 0 Å². The number of rotatable bonds is 2. The Morgan fingerprint density at radius 2 is 2.36 bits per heavy atom. The molecule has 1 aliphatic carbocycles. The number of nitrogens with two attached hydrogens (primary N) is 1. The summed E-state index contributed by atoms with van der Waals surface area (Å²) >= 11 is 0. The van der Waals surface area contributed by atoms with Crippen LogP contribution >= 0.6 is 0 Å². The number of nitrogen functional groups attached to an aromatic ring is 1. The predicted octanol–water partition coefficient (Wildman–Crippen LogP) is 1.47. The average Bonchev–Trinajstić information content (AvgIpc) is 2.12. The van der Waals surface area contributed by atoms with Crippen LogP contribution in [-0.2, 0) is 0 Å². The Bertz CT molecular complexity index is 379. The lowest BCUT2D eigenvalue weighted by Crippen LogP contribution is -2.25. The normalized spacial score (nSPS) is 15.6. The summed E-state index contributed by atoms with van der Waals surface area (Å²) in [5.74, 6) is 0.947. The molecule has 0 unspecified atom stereocenters. The van der Waals surface area contributed by atoms with Gasteiger partial charge in [0.15, 0.2) is 0 Å². The van der Waals surface area contributed by atoms with Crippen LogP contribution in [0.4, 0.5) is 5.82 Å². The van der Waals surface area contributed by atoms with E-state index >= 15 is 0 Å². The molecule has 0 saturated heterocycles. The van der Waals surface area contributed by atoms with Gasteiger partial charge >= 0.3 is 0 Å². The number of nitriles is 1. The Morgan fingerprint density at radius 1 is 1.57 bits per heavy atom. The topological polar surface area (TPSA) is 71.9 Å². The van der Waals surface area contributed by atoms with E-state index in [1.807, 2.05) is 6.07 Å². The fourth-order valence-electron chi connectivity index (χ4n) is 1.30. The summed E-state index contributed by atoms with van der Waals surface area (Å²) < 4.78 is 5.61. The Labute approximate surface area is 82.3 Å². The van der Waals surface area contributed by atoms with Gasteiger partial charge in [-0.05, 0) is 19.3 Å². The molecule has 0 aromatic carbocycles. The number of pyridine rings is 1. The highest BCUT2D eigenvalue weighted by Crippen LogP contribution is 2.27. The van der Waals surface area contributed by atoms with Crippen molar-refractivity contribution in [2.24, 2.45) is 0 Å². The maximum atomic E-state index is 8.80. The number of aromatic nitrogens is 1. The molecule has 1 saturated carbocycles. The van der Waals surface area contributed by atoms with E-state index in [0.29, 0.717) is 17.1 Å². The third kappa shape index (κ3) is 1.62. The molecule has 14 heavy (non-hydrogen) atoms. The summed E-state index contributed by atoms with van der Waals surface area (Å²) in [6, 6.07) is 3.64. The van der Waals surface area contributed by atoms with Gasteiger partial charge in [-0.2, -0.15) is 5.26 Å². The van der Waals surface area contributed by atoms with E-state index in [9.17, 15) is 0 Å². The SMILES string of the molecule is N#Cc1cnc(N)cc1OC1CCC1. The second-order valence-corrected chi connectivity index (χ2v) is 3.39. The predicted molar refractivity (Wildman–Crippen MR) is 51.6 cm³/mol. The zero-order chi connectivity index (χ0) is 9.97. The minimum absolute atomic E-state index is 0.254. The molecular formula is C10H11N3O. The fraction of sp³-hybridized carbons (Fsp3) is 0.400. The molecule has 4 nitrogen and oxygen atoms in total. The maximum Gasteiger partial charge on any atom is 0.142 e. The Balaban J connectivity index is 2.21. The largest absolute Gasteiger partial charge is 0.489 e. The highest BCUT2D eigenvalue weighted by molar-refractivity contribution is 5.47. The molecule has 0 atom stereocenters. The van der Waals surface area contributed by atoms with Crippen LogP contribution in [0.1, 0.15) is 24.8 Å². The molecule has 1 fully saturated rings. The average molecular weight is 189 g/mol. The van der Waals surface area contributed by atoms with Gasteiger partial charge in [-0.1, -0.05) is 0 Å². The molecule has 1 aliphatic rings. The molecule has 1 aromatic heterocycles. The Hall–Kier alpha value is -1.76. The lowest BCUT2D eigenvalue weighted by molar-refractivity contribution is 0.120. The van der Waals surface area contributed by atoms with Crippen molar-refractivity contribution in [3.05, 3.63) is 17.8 Å². The van der Waals surface area contributed by atoms with E-state index in [0.717, 1.165) is 12.8 Å². The first-order chi connectivity index (χ1) is 6.79. The zero-order valence-electron chi connectivity index (χ0n) is 7.73. The van der Waals surface area contributed by atoms with E-state index in [1.54, 1.807) is 6.07 Å². The van der Waals surface area contributed by atoms with Crippen LogP contribution in [0.25, 0.3) is 0 Å². The molecule has 4 heteroatoms.